The molecule has 150 valence electrons. The molecular weight excluding hydrogens is 336 g/mol. The van der Waals surface area contributed by atoms with Crippen molar-refractivity contribution in [3.63, 3.8) is 0 Å². The van der Waals surface area contributed by atoms with Gasteiger partial charge in [0.15, 0.2) is 0 Å². The van der Waals surface area contributed by atoms with Crippen molar-refractivity contribution in [2.75, 3.05) is 51.6 Å². The van der Waals surface area contributed by atoms with Crippen LogP contribution in [0.25, 0.3) is 0 Å². The summed E-state index contributed by atoms with van der Waals surface area (Å²) in [6.07, 6.45) is 6.68. The fourth-order valence-corrected chi connectivity index (χ4v) is 4.29. The average molecular weight is 373 g/mol. The number of piperazine rings is 1. The molecule has 1 aromatic carbocycles. The molecule has 1 aromatic rings. The molecule has 3 rings (SSSR count). The maximum Gasteiger partial charge on any atom is 0.322 e. The summed E-state index contributed by atoms with van der Waals surface area (Å²) in [6, 6.07) is 8.68. The number of hydrogen-bond donors (Lipinski definition) is 1. The van der Waals surface area contributed by atoms with E-state index in [0.717, 1.165) is 77.1 Å². The quantitative estimate of drug-likeness (QED) is 0.828. The van der Waals surface area contributed by atoms with Crippen molar-refractivity contribution in [2.45, 2.75) is 51.5 Å². The van der Waals surface area contributed by atoms with E-state index in [2.05, 4.69) is 46.1 Å². The van der Waals surface area contributed by atoms with Gasteiger partial charge in [0.2, 0.25) is 0 Å². The molecule has 0 aromatic heterocycles. The maximum absolute atomic E-state index is 13.0. The molecule has 0 aliphatic carbocycles. The van der Waals surface area contributed by atoms with Crippen LogP contribution in [0.3, 0.4) is 0 Å². The van der Waals surface area contributed by atoms with Gasteiger partial charge in [0, 0.05) is 51.0 Å². The minimum absolute atomic E-state index is 0.0848. The summed E-state index contributed by atoms with van der Waals surface area (Å²) in [4.78, 5) is 20.1. The van der Waals surface area contributed by atoms with Crippen LogP contribution in [-0.2, 0) is 6.42 Å². The Hall–Kier alpha value is -1.59. The summed E-state index contributed by atoms with van der Waals surface area (Å²) in [5.74, 6) is 0. The van der Waals surface area contributed by atoms with Gasteiger partial charge >= 0.3 is 6.03 Å². The largest absolute Gasteiger partial charge is 0.322 e. The molecule has 0 unspecified atom stereocenters. The van der Waals surface area contributed by atoms with Crippen LogP contribution in [0.15, 0.2) is 24.3 Å². The first kappa shape index (κ1) is 20.2. The van der Waals surface area contributed by atoms with E-state index in [0.29, 0.717) is 6.04 Å². The summed E-state index contributed by atoms with van der Waals surface area (Å²) >= 11 is 0. The van der Waals surface area contributed by atoms with Crippen molar-refractivity contribution in [3.05, 3.63) is 29.8 Å². The predicted molar refractivity (Wildman–Crippen MR) is 112 cm³/mol. The van der Waals surface area contributed by atoms with Gasteiger partial charge in [-0.05, 0) is 50.8 Å². The van der Waals surface area contributed by atoms with Crippen LogP contribution in [0, 0.1) is 0 Å². The Morgan fingerprint density at radius 1 is 1.11 bits per heavy atom. The summed E-state index contributed by atoms with van der Waals surface area (Å²) in [6.45, 7) is 8.79. The number of carbonyl (C=O) groups is 1. The Balaban J connectivity index is 1.57. The molecule has 2 aliphatic rings. The number of aryl methyl sites for hydroxylation is 1. The first-order valence-electron chi connectivity index (χ1n) is 10.7. The lowest BCUT2D eigenvalue weighted by atomic mass is 9.99. The Morgan fingerprint density at radius 3 is 2.67 bits per heavy atom. The lowest BCUT2D eigenvalue weighted by Gasteiger charge is -2.38. The van der Waals surface area contributed by atoms with Crippen molar-refractivity contribution in [1.29, 1.82) is 0 Å². The number of carbonyl (C=O) groups excluding carboxylic acids is 1. The smallest absolute Gasteiger partial charge is 0.322 e. The van der Waals surface area contributed by atoms with Gasteiger partial charge in [-0.1, -0.05) is 31.5 Å². The van der Waals surface area contributed by atoms with E-state index in [4.69, 9.17) is 0 Å². The van der Waals surface area contributed by atoms with Crippen molar-refractivity contribution in [1.82, 2.24) is 14.7 Å². The number of piperidine rings is 1. The van der Waals surface area contributed by atoms with Crippen LogP contribution >= 0.6 is 0 Å². The minimum atomic E-state index is 0.0848. The van der Waals surface area contributed by atoms with Crippen LogP contribution < -0.4 is 5.32 Å². The van der Waals surface area contributed by atoms with E-state index in [-0.39, 0.29) is 6.03 Å². The fourth-order valence-electron chi connectivity index (χ4n) is 4.29. The summed E-state index contributed by atoms with van der Waals surface area (Å²) in [7, 11) is 2.20. The van der Waals surface area contributed by atoms with E-state index < -0.39 is 0 Å². The van der Waals surface area contributed by atoms with E-state index in [1.165, 1.54) is 12.0 Å². The third-order valence-electron chi connectivity index (χ3n) is 6.04. The lowest BCUT2D eigenvalue weighted by molar-refractivity contribution is 0.122. The molecular formula is C22H36N4O. The summed E-state index contributed by atoms with van der Waals surface area (Å²) < 4.78 is 0. The Morgan fingerprint density at radius 2 is 1.89 bits per heavy atom. The SMILES string of the molecule is CCCc1ccccc1NC(=O)N1CCCC[C@@H]1CCN1CCN(C)CC1. The van der Waals surface area contributed by atoms with Crippen molar-refractivity contribution >= 4 is 11.7 Å². The van der Waals surface area contributed by atoms with Crippen molar-refractivity contribution in [2.24, 2.45) is 0 Å². The van der Waals surface area contributed by atoms with Crippen molar-refractivity contribution in [3.8, 4) is 0 Å². The van der Waals surface area contributed by atoms with Crippen LogP contribution in [0.5, 0.6) is 0 Å². The molecule has 2 fully saturated rings. The molecule has 2 heterocycles. The molecule has 1 atom stereocenters. The zero-order valence-corrected chi connectivity index (χ0v) is 17.1. The number of amides is 2. The molecule has 5 heteroatoms. The second-order valence-electron chi connectivity index (χ2n) is 8.11. The van der Waals surface area contributed by atoms with Gasteiger partial charge in [0.1, 0.15) is 0 Å². The molecule has 0 saturated carbocycles. The number of anilines is 1. The summed E-state index contributed by atoms with van der Waals surface area (Å²) in [5.41, 5.74) is 2.21. The summed E-state index contributed by atoms with van der Waals surface area (Å²) in [5, 5.41) is 3.21. The number of nitrogens with one attached hydrogen (secondary N) is 1. The monoisotopic (exact) mass is 372 g/mol. The molecule has 27 heavy (non-hydrogen) atoms. The molecule has 1 N–H and O–H groups in total. The van der Waals surface area contributed by atoms with Crippen LogP contribution in [0.1, 0.15) is 44.6 Å². The second-order valence-corrected chi connectivity index (χ2v) is 8.11. The molecule has 5 nitrogen and oxygen atoms in total. The zero-order valence-electron chi connectivity index (χ0n) is 17.1. The minimum Gasteiger partial charge on any atom is -0.322 e. The fraction of sp³-hybridized carbons (Fsp3) is 0.682. The standard InChI is InChI=1S/C22H36N4O/c1-3-8-19-9-4-5-11-21(19)23-22(27)26-13-7-6-10-20(26)12-14-25-17-15-24(2)16-18-25/h4-5,9,11,20H,3,6-8,10,12-18H2,1-2H3,(H,23,27)/t20-/m1/s1. The molecule has 2 amide bonds. The molecule has 0 bridgehead atoms. The van der Waals surface area contributed by atoms with E-state index in [1.54, 1.807) is 0 Å². The van der Waals surface area contributed by atoms with E-state index >= 15 is 0 Å². The Labute approximate surface area is 164 Å². The van der Waals surface area contributed by atoms with Crippen LogP contribution in [0.4, 0.5) is 10.5 Å². The number of benzene rings is 1. The third kappa shape index (κ3) is 5.69. The van der Waals surface area contributed by atoms with Gasteiger partial charge in [-0.2, -0.15) is 0 Å². The number of para-hydroxylation sites is 1. The third-order valence-corrected chi connectivity index (χ3v) is 6.04. The average Bonchev–Trinajstić information content (AvgIpc) is 2.69. The van der Waals surface area contributed by atoms with E-state index in [1.807, 2.05) is 12.1 Å². The molecule has 0 spiro atoms. The van der Waals surface area contributed by atoms with Gasteiger partial charge in [0.05, 0.1) is 0 Å². The van der Waals surface area contributed by atoms with Gasteiger partial charge in [0.25, 0.3) is 0 Å². The highest BCUT2D eigenvalue weighted by molar-refractivity contribution is 5.90. The molecule has 2 aliphatic heterocycles. The van der Waals surface area contributed by atoms with Gasteiger partial charge < -0.3 is 20.0 Å². The Bertz CT molecular complexity index is 598. The molecule has 2 saturated heterocycles. The van der Waals surface area contributed by atoms with Crippen LogP contribution in [0.2, 0.25) is 0 Å². The normalized spacial score (nSPS) is 22.0. The highest BCUT2D eigenvalue weighted by Gasteiger charge is 2.27. The first-order valence-corrected chi connectivity index (χ1v) is 10.7. The van der Waals surface area contributed by atoms with Gasteiger partial charge in [-0.25, -0.2) is 4.79 Å². The number of hydrogen-bond acceptors (Lipinski definition) is 3. The lowest BCUT2D eigenvalue weighted by Crippen LogP contribution is -2.49. The number of urea groups is 1. The Kier molecular flexibility index (Phi) is 7.53. The number of likely N-dealkylation sites (tertiary alicyclic amines) is 1. The highest BCUT2D eigenvalue weighted by Crippen LogP contribution is 2.23. The first-order chi connectivity index (χ1) is 13.2. The predicted octanol–water partition coefficient (Wildman–Crippen LogP) is 3.66. The van der Waals surface area contributed by atoms with Crippen molar-refractivity contribution < 1.29 is 4.79 Å². The number of likely N-dealkylation sites (N-methyl/N-ethyl adjacent to an activating group) is 1. The van der Waals surface area contributed by atoms with Gasteiger partial charge in [-0.3, -0.25) is 0 Å². The van der Waals surface area contributed by atoms with Crippen LogP contribution in [-0.4, -0.2) is 73.1 Å². The topological polar surface area (TPSA) is 38.8 Å². The van der Waals surface area contributed by atoms with E-state index in [9.17, 15) is 4.79 Å². The second kappa shape index (κ2) is 10.1. The highest BCUT2D eigenvalue weighted by atomic mass is 16.2. The maximum atomic E-state index is 13.0. The molecule has 0 radical (unpaired) electrons. The van der Waals surface area contributed by atoms with Gasteiger partial charge in [-0.15, -0.1) is 0 Å². The zero-order chi connectivity index (χ0) is 19.1. The number of rotatable bonds is 6. The number of nitrogens with zero attached hydrogens (tertiary/aromatic N) is 3.